The van der Waals surface area contributed by atoms with Gasteiger partial charge in [-0.1, -0.05) is 35.9 Å². The lowest BCUT2D eigenvalue weighted by molar-refractivity contribution is -0.118. The summed E-state index contributed by atoms with van der Waals surface area (Å²) in [6.45, 7) is 8.68. The van der Waals surface area contributed by atoms with Crippen LogP contribution in [-0.2, 0) is 11.3 Å². The zero-order valence-corrected chi connectivity index (χ0v) is 17.1. The lowest BCUT2D eigenvalue weighted by Crippen LogP contribution is -2.25. The third-order valence-electron chi connectivity index (χ3n) is 4.59. The topological polar surface area (TPSA) is 46.9 Å². The fourth-order valence-electron chi connectivity index (χ4n) is 3.09. The van der Waals surface area contributed by atoms with Gasteiger partial charge in [0.25, 0.3) is 0 Å². The first-order chi connectivity index (χ1) is 13.0. The molecule has 27 heavy (non-hydrogen) atoms. The molecule has 0 fully saturated rings. The van der Waals surface area contributed by atoms with E-state index in [1.54, 1.807) is 11.8 Å². The summed E-state index contributed by atoms with van der Waals surface area (Å²) in [5, 5.41) is 7.67. The van der Waals surface area contributed by atoms with Gasteiger partial charge in [-0.25, -0.2) is 4.68 Å². The predicted molar refractivity (Wildman–Crippen MR) is 112 cm³/mol. The molecule has 4 nitrogen and oxygen atoms in total. The first-order valence-corrected chi connectivity index (χ1v) is 10.0. The van der Waals surface area contributed by atoms with E-state index in [0.29, 0.717) is 12.3 Å². The van der Waals surface area contributed by atoms with E-state index in [9.17, 15) is 4.79 Å². The van der Waals surface area contributed by atoms with Gasteiger partial charge < -0.3 is 5.32 Å². The van der Waals surface area contributed by atoms with E-state index in [4.69, 9.17) is 0 Å². The second-order valence-electron chi connectivity index (χ2n) is 6.73. The van der Waals surface area contributed by atoms with E-state index in [2.05, 4.69) is 42.5 Å². The molecule has 3 rings (SSSR count). The highest BCUT2D eigenvalue weighted by Crippen LogP contribution is 2.23. The molecule has 1 aromatic heterocycles. The zero-order chi connectivity index (χ0) is 19.4. The third kappa shape index (κ3) is 4.61. The van der Waals surface area contributed by atoms with Crippen molar-refractivity contribution in [2.24, 2.45) is 0 Å². The lowest BCUT2D eigenvalue weighted by Gasteiger charge is -2.08. The maximum atomic E-state index is 12.3. The van der Waals surface area contributed by atoms with Gasteiger partial charge in [0, 0.05) is 22.7 Å². The van der Waals surface area contributed by atoms with Crippen molar-refractivity contribution in [1.82, 2.24) is 15.1 Å². The van der Waals surface area contributed by atoms with Gasteiger partial charge in [0.1, 0.15) is 0 Å². The molecule has 0 aliphatic carbocycles. The summed E-state index contributed by atoms with van der Waals surface area (Å²) >= 11 is 1.58. The molecule has 0 atom stereocenters. The first-order valence-electron chi connectivity index (χ1n) is 9.03. The van der Waals surface area contributed by atoms with Crippen molar-refractivity contribution >= 4 is 17.7 Å². The molecule has 140 valence electrons. The van der Waals surface area contributed by atoms with Crippen LogP contribution < -0.4 is 5.32 Å². The molecule has 1 amide bonds. The SMILES string of the molecule is Cc1ccc(SCC(=O)NCc2c(C)nn(-c3ccccc3)c2C)c(C)c1. The maximum Gasteiger partial charge on any atom is 0.230 e. The molecule has 0 aliphatic heterocycles. The van der Waals surface area contributed by atoms with Crippen molar-refractivity contribution in [2.75, 3.05) is 5.75 Å². The molecular formula is C22H25N3OS. The molecule has 0 unspecified atom stereocenters. The van der Waals surface area contributed by atoms with Crippen LogP contribution in [0.15, 0.2) is 53.4 Å². The van der Waals surface area contributed by atoms with Gasteiger partial charge in [-0.2, -0.15) is 5.10 Å². The number of aryl methyl sites for hydroxylation is 3. The Morgan fingerprint density at radius 1 is 1.07 bits per heavy atom. The number of hydrogen-bond acceptors (Lipinski definition) is 3. The Hall–Kier alpha value is -2.53. The van der Waals surface area contributed by atoms with Gasteiger partial charge >= 0.3 is 0 Å². The summed E-state index contributed by atoms with van der Waals surface area (Å²) in [5.74, 6) is 0.445. The number of nitrogens with zero attached hydrogens (tertiary/aromatic N) is 2. The minimum atomic E-state index is 0.0336. The van der Waals surface area contributed by atoms with Crippen molar-refractivity contribution in [2.45, 2.75) is 39.1 Å². The number of rotatable bonds is 6. The van der Waals surface area contributed by atoms with Crippen LogP contribution in [0.3, 0.4) is 0 Å². The number of carbonyl (C=O) groups is 1. The highest BCUT2D eigenvalue weighted by molar-refractivity contribution is 8.00. The average Bonchev–Trinajstić information content (AvgIpc) is 2.94. The van der Waals surface area contributed by atoms with Crippen molar-refractivity contribution in [3.63, 3.8) is 0 Å². The first kappa shape index (κ1) is 19.2. The number of hydrogen-bond donors (Lipinski definition) is 1. The van der Waals surface area contributed by atoms with Crippen LogP contribution in [0.25, 0.3) is 5.69 Å². The van der Waals surface area contributed by atoms with Crippen LogP contribution in [0.5, 0.6) is 0 Å². The molecule has 3 aromatic rings. The minimum Gasteiger partial charge on any atom is -0.351 e. The van der Waals surface area contributed by atoms with Gasteiger partial charge in [0.2, 0.25) is 5.91 Å². The molecule has 5 heteroatoms. The smallest absolute Gasteiger partial charge is 0.230 e. The monoisotopic (exact) mass is 379 g/mol. The van der Waals surface area contributed by atoms with Gasteiger partial charge in [-0.05, 0) is 51.5 Å². The molecule has 1 N–H and O–H groups in total. The molecule has 1 heterocycles. The summed E-state index contributed by atoms with van der Waals surface area (Å²) in [7, 11) is 0. The minimum absolute atomic E-state index is 0.0336. The Kier molecular flexibility index (Phi) is 6.01. The van der Waals surface area contributed by atoms with Gasteiger partial charge in [-0.3, -0.25) is 4.79 Å². The molecular weight excluding hydrogens is 354 g/mol. The third-order valence-corrected chi connectivity index (χ3v) is 5.77. The highest BCUT2D eigenvalue weighted by atomic mass is 32.2. The van der Waals surface area contributed by atoms with E-state index in [1.165, 1.54) is 11.1 Å². The van der Waals surface area contributed by atoms with Crippen molar-refractivity contribution in [1.29, 1.82) is 0 Å². The van der Waals surface area contributed by atoms with Crippen LogP contribution >= 0.6 is 11.8 Å². The Morgan fingerprint density at radius 3 is 2.52 bits per heavy atom. The molecule has 0 saturated carbocycles. The van der Waals surface area contributed by atoms with E-state index in [-0.39, 0.29) is 5.91 Å². The van der Waals surface area contributed by atoms with Crippen molar-refractivity contribution in [3.05, 3.63) is 76.6 Å². The number of thioether (sulfide) groups is 1. The van der Waals surface area contributed by atoms with Crippen LogP contribution in [0.2, 0.25) is 0 Å². The standard InChI is InChI=1S/C22H25N3OS/c1-15-10-11-21(16(2)12-15)27-14-22(26)23-13-20-17(3)24-25(18(20)4)19-8-6-5-7-9-19/h5-12H,13-14H2,1-4H3,(H,23,26). The summed E-state index contributed by atoms with van der Waals surface area (Å²) in [6.07, 6.45) is 0. The van der Waals surface area contributed by atoms with Gasteiger partial charge in [0.15, 0.2) is 0 Å². The molecule has 0 saturated heterocycles. The van der Waals surface area contributed by atoms with Gasteiger partial charge in [-0.15, -0.1) is 11.8 Å². The van der Waals surface area contributed by atoms with Crippen LogP contribution in [0.4, 0.5) is 0 Å². The van der Waals surface area contributed by atoms with Crippen LogP contribution in [-0.4, -0.2) is 21.4 Å². The Morgan fingerprint density at radius 2 is 1.81 bits per heavy atom. The number of para-hydroxylation sites is 1. The second-order valence-corrected chi connectivity index (χ2v) is 7.75. The van der Waals surface area contributed by atoms with E-state index in [1.807, 2.05) is 48.9 Å². The fraction of sp³-hybridized carbons (Fsp3) is 0.273. The fourth-order valence-corrected chi connectivity index (χ4v) is 3.93. The van der Waals surface area contributed by atoms with Crippen molar-refractivity contribution < 1.29 is 4.79 Å². The molecule has 0 bridgehead atoms. The Balaban J connectivity index is 1.61. The molecule has 2 aromatic carbocycles. The Bertz CT molecular complexity index is 948. The highest BCUT2D eigenvalue weighted by Gasteiger charge is 2.14. The summed E-state index contributed by atoms with van der Waals surface area (Å²) in [6, 6.07) is 16.4. The number of carbonyl (C=O) groups excluding carboxylic acids is 1. The molecule has 0 radical (unpaired) electrons. The van der Waals surface area contributed by atoms with Crippen LogP contribution in [0.1, 0.15) is 28.1 Å². The van der Waals surface area contributed by atoms with E-state index >= 15 is 0 Å². The van der Waals surface area contributed by atoms with E-state index in [0.717, 1.165) is 27.5 Å². The second kappa shape index (κ2) is 8.44. The molecule has 0 aliphatic rings. The van der Waals surface area contributed by atoms with Gasteiger partial charge in [0.05, 0.1) is 17.1 Å². The largest absolute Gasteiger partial charge is 0.351 e. The lowest BCUT2D eigenvalue weighted by atomic mass is 10.2. The average molecular weight is 380 g/mol. The van der Waals surface area contributed by atoms with E-state index < -0.39 is 0 Å². The molecule has 0 spiro atoms. The van der Waals surface area contributed by atoms with Crippen molar-refractivity contribution in [3.8, 4) is 5.69 Å². The predicted octanol–water partition coefficient (Wildman–Crippen LogP) is 4.51. The number of benzene rings is 2. The van der Waals surface area contributed by atoms with Crippen LogP contribution in [0, 0.1) is 27.7 Å². The number of amides is 1. The number of nitrogens with one attached hydrogen (secondary N) is 1. The number of aromatic nitrogens is 2. The maximum absolute atomic E-state index is 12.3. The normalized spacial score (nSPS) is 10.8. The quantitative estimate of drug-likeness (QED) is 0.641. The summed E-state index contributed by atoms with van der Waals surface area (Å²) in [5.41, 5.74) is 6.55. The zero-order valence-electron chi connectivity index (χ0n) is 16.2. The summed E-state index contributed by atoms with van der Waals surface area (Å²) < 4.78 is 1.93. The Labute approximate surface area is 165 Å². The summed E-state index contributed by atoms with van der Waals surface area (Å²) in [4.78, 5) is 13.5.